The molecule has 0 amide bonds. The summed E-state index contributed by atoms with van der Waals surface area (Å²) in [5.41, 5.74) is -0.0139. The van der Waals surface area contributed by atoms with Gasteiger partial charge in [-0.2, -0.15) is 0 Å². The fraction of sp³-hybridized carbons (Fsp3) is 1.00. The van der Waals surface area contributed by atoms with E-state index in [9.17, 15) is 4.39 Å². The van der Waals surface area contributed by atoms with Crippen molar-refractivity contribution in [1.82, 2.24) is 5.32 Å². The van der Waals surface area contributed by atoms with Gasteiger partial charge in [-0.1, -0.05) is 0 Å². The zero-order valence-corrected chi connectivity index (χ0v) is 4.78. The van der Waals surface area contributed by atoms with Crippen LogP contribution < -0.4 is 5.32 Å². The number of halogens is 1. The first-order valence-electron chi connectivity index (χ1n) is 3.23. The van der Waals surface area contributed by atoms with E-state index in [4.69, 9.17) is 0 Å². The van der Waals surface area contributed by atoms with E-state index in [-0.39, 0.29) is 5.54 Å². The smallest absolute Gasteiger partial charge is 0.119 e. The van der Waals surface area contributed by atoms with Gasteiger partial charge in [-0.3, -0.25) is 0 Å². The quantitative estimate of drug-likeness (QED) is 0.493. The van der Waals surface area contributed by atoms with Crippen molar-refractivity contribution in [2.45, 2.75) is 31.0 Å². The van der Waals surface area contributed by atoms with Gasteiger partial charge in [-0.05, 0) is 25.8 Å². The van der Waals surface area contributed by atoms with Gasteiger partial charge in [-0.15, -0.1) is 0 Å². The summed E-state index contributed by atoms with van der Waals surface area (Å²) >= 11 is 0. The van der Waals surface area contributed by atoms with Crippen LogP contribution in [0.2, 0.25) is 0 Å². The van der Waals surface area contributed by atoms with Crippen molar-refractivity contribution >= 4 is 0 Å². The summed E-state index contributed by atoms with van der Waals surface area (Å²) < 4.78 is 12.7. The molecule has 2 fully saturated rings. The van der Waals surface area contributed by atoms with Crippen LogP contribution in [0.25, 0.3) is 0 Å². The summed E-state index contributed by atoms with van der Waals surface area (Å²) in [6, 6.07) is 0. The van der Waals surface area contributed by atoms with Crippen LogP contribution in [0.15, 0.2) is 0 Å². The Hall–Kier alpha value is -0.110. The predicted molar refractivity (Wildman–Crippen MR) is 29.5 cm³/mol. The monoisotopic (exact) mass is 115 g/mol. The minimum atomic E-state index is -0.539. The molecule has 1 saturated heterocycles. The Kier molecular flexibility index (Phi) is 0.734. The first-order valence-corrected chi connectivity index (χ1v) is 3.23. The van der Waals surface area contributed by atoms with Crippen molar-refractivity contribution in [3.05, 3.63) is 0 Å². The lowest BCUT2D eigenvalue weighted by molar-refractivity contribution is 0.288. The molecule has 46 valence electrons. The molecule has 2 rings (SSSR count). The van der Waals surface area contributed by atoms with E-state index in [1.165, 1.54) is 0 Å². The molecule has 1 aliphatic carbocycles. The zero-order valence-electron chi connectivity index (χ0n) is 4.78. The lowest BCUT2D eigenvalue weighted by atomic mass is 10.2. The molecular weight excluding hydrogens is 105 g/mol. The maximum absolute atomic E-state index is 12.7. The molecule has 8 heavy (non-hydrogen) atoms. The van der Waals surface area contributed by atoms with Gasteiger partial charge in [0.25, 0.3) is 0 Å². The SMILES string of the molecule is FC1CCNC12CC2. The summed E-state index contributed by atoms with van der Waals surface area (Å²) in [7, 11) is 0. The molecule has 0 radical (unpaired) electrons. The normalized spacial score (nSPS) is 40.9. The summed E-state index contributed by atoms with van der Waals surface area (Å²) in [5.74, 6) is 0. The third-order valence-electron chi connectivity index (χ3n) is 2.26. The topological polar surface area (TPSA) is 12.0 Å². The maximum atomic E-state index is 12.7. The Morgan fingerprint density at radius 1 is 1.50 bits per heavy atom. The molecule has 0 bridgehead atoms. The van der Waals surface area contributed by atoms with Gasteiger partial charge in [0.1, 0.15) is 6.17 Å². The summed E-state index contributed by atoms with van der Waals surface area (Å²) in [5, 5.41) is 3.18. The van der Waals surface area contributed by atoms with E-state index < -0.39 is 6.17 Å². The lowest BCUT2D eigenvalue weighted by Gasteiger charge is -2.07. The van der Waals surface area contributed by atoms with Crippen LogP contribution in [0.3, 0.4) is 0 Å². The highest BCUT2D eigenvalue weighted by molar-refractivity contribution is 5.11. The molecular formula is C6H10FN. The minimum Gasteiger partial charge on any atom is -0.309 e. The number of hydrogen-bond acceptors (Lipinski definition) is 1. The largest absolute Gasteiger partial charge is 0.309 e. The van der Waals surface area contributed by atoms with Crippen molar-refractivity contribution in [3.8, 4) is 0 Å². The number of alkyl halides is 1. The van der Waals surface area contributed by atoms with Crippen LogP contribution in [0.5, 0.6) is 0 Å². The maximum Gasteiger partial charge on any atom is 0.119 e. The van der Waals surface area contributed by atoms with E-state index in [1.54, 1.807) is 0 Å². The van der Waals surface area contributed by atoms with E-state index >= 15 is 0 Å². The van der Waals surface area contributed by atoms with Gasteiger partial charge in [0.05, 0.1) is 0 Å². The second-order valence-corrected chi connectivity index (χ2v) is 2.84. The third kappa shape index (κ3) is 0.440. The summed E-state index contributed by atoms with van der Waals surface area (Å²) in [6.07, 6.45) is 2.32. The molecule has 1 saturated carbocycles. The van der Waals surface area contributed by atoms with Crippen LogP contribution in [0.1, 0.15) is 19.3 Å². The van der Waals surface area contributed by atoms with Crippen LogP contribution in [-0.2, 0) is 0 Å². The third-order valence-corrected chi connectivity index (χ3v) is 2.26. The average molecular weight is 115 g/mol. The van der Waals surface area contributed by atoms with Crippen molar-refractivity contribution in [2.75, 3.05) is 6.54 Å². The van der Waals surface area contributed by atoms with Gasteiger partial charge in [0.2, 0.25) is 0 Å². The van der Waals surface area contributed by atoms with Gasteiger partial charge >= 0.3 is 0 Å². The molecule has 1 atom stereocenters. The number of rotatable bonds is 0. The Labute approximate surface area is 48.3 Å². The Morgan fingerprint density at radius 2 is 2.25 bits per heavy atom. The standard InChI is InChI=1S/C6H10FN/c7-5-1-4-8-6(5)2-3-6/h5,8H,1-4H2. The van der Waals surface area contributed by atoms with Crippen molar-refractivity contribution < 1.29 is 4.39 Å². The highest BCUT2D eigenvalue weighted by Crippen LogP contribution is 2.44. The lowest BCUT2D eigenvalue weighted by Crippen LogP contribution is -2.29. The Morgan fingerprint density at radius 3 is 2.50 bits per heavy atom. The Bertz CT molecular complexity index is 109. The van der Waals surface area contributed by atoms with Crippen LogP contribution in [-0.4, -0.2) is 18.3 Å². The van der Waals surface area contributed by atoms with Crippen LogP contribution >= 0.6 is 0 Å². The highest BCUT2D eigenvalue weighted by atomic mass is 19.1. The van der Waals surface area contributed by atoms with Crippen LogP contribution in [0.4, 0.5) is 4.39 Å². The molecule has 0 aromatic rings. The van der Waals surface area contributed by atoms with E-state index in [2.05, 4.69) is 5.32 Å². The van der Waals surface area contributed by atoms with Gasteiger partial charge in [-0.25, -0.2) is 4.39 Å². The molecule has 1 heterocycles. The molecule has 1 aliphatic heterocycles. The van der Waals surface area contributed by atoms with E-state index in [0.717, 1.165) is 25.8 Å². The fourth-order valence-electron chi connectivity index (χ4n) is 1.46. The second kappa shape index (κ2) is 1.24. The first-order chi connectivity index (χ1) is 3.83. The van der Waals surface area contributed by atoms with E-state index in [0.29, 0.717) is 0 Å². The molecule has 2 aliphatic rings. The molecule has 1 spiro atoms. The van der Waals surface area contributed by atoms with E-state index in [1.807, 2.05) is 0 Å². The van der Waals surface area contributed by atoms with Gasteiger partial charge in [0.15, 0.2) is 0 Å². The molecule has 1 unspecified atom stereocenters. The Balaban J connectivity index is 2.12. The molecule has 1 nitrogen and oxygen atoms in total. The molecule has 0 aromatic heterocycles. The van der Waals surface area contributed by atoms with Gasteiger partial charge < -0.3 is 5.32 Å². The minimum absolute atomic E-state index is 0.0139. The average Bonchev–Trinajstić information content (AvgIpc) is 2.39. The predicted octanol–water partition coefficient (Wildman–Crippen LogP) is 0.850. The van der Waals surface area contributed by atoms with Crippen molar-refractivity contribution in [3.63, 3.8) is 0 Å². The first kappa shape index (κ1) is 4.74. The summed E-state index contributed by atoms with van der Waals surface area (Å²) in [4.78, 5) is 0. The molecule has 0 aromatic carbocycles. The van der Waals surface area contributed by atoms with Crippen LogP contribution in [0, 0.1) is 0 Å². The number of hydrogen-bond donors (Lipinski definition) is 1. The summed E-state index contributed by atoms with van der Waals surface area (Å²) in [6.45, 7) is 0.890. The second-order valence-electron chi connectivity index (χ2n) is 2.84. The number of nitrogens with one attached hydrogen (secondary N) is 1. The zero-order chi connectivity index (χ0) is 5.61. The van der Waals surface area contributed by atoms with Gasteiger partial charge in [0, 0.05) is 5.54 Å². The molecule has 1 N–H and O–H groups in total. The van der Waals surface area contributed by atoms with Crippen molar-refractivity contribution in [2.24, 2.45) is 0 Å². The van der Waals surface area contributed by atoms with Crippen molar-refractivity contribution in [1.29, 1.82) is 0 Å². The fourth-order valence-corrected chi connectivity index (χ4v) is 1.46. The highest BCUT2D eigenvalue weighted by Gasteiger charge is 2.52. The molecule has 2 heteroatoms.